The van der Waals surface area contributed by atoms with E-state index >= 15 is 0 Å². The second-order valence-electron chi connectivity index (χ2n) is 3.27. The second kappa shape index (κ2) is 4.56. The molecule has 8 nitrogen and oxygen atoms in total. The van der Waals surface area contributed by atoms with E-state index in [-0.39, 0.29) is 11.4 Å². The Balaban J connectivity index is 2.05. The van der Waals surface area contributed by atoms with E-state index in [1.807, 2.05) is 0 Å². The topological polar surface area (TPSA) is 103 Å². The highest BCUT2D eigenvalue weighted by atomic mass is 16.4. The van der Waals surface area contributed by atoms with Crippen LogP contribution >= 0.6 is 0 Å². The number of aryl methyl sites for hydroxylation is 2. The molecule has 0 radical (unpaired) electrons. The maximum Gasteiger partial charge on any atom is 0.358 e. The molecule has 2 heterocycles. The molecule has 0 aliphatic rings. The third-order valence-electron chi connectivity index (χ3n) is 2.11. The molecular weight excluding hydrogens is 226 g/mol. The van der Waals surface area contributed by atoms with E-state index in [2.05, 4.69) is 15.3 Å². The average Bonchev–Trinajstić information content (AvgIpc) is 2.77. The van der Waals surface area contributed by atoms with E-state index in [0.717, 1.165) is 0 Å². The number of carboxylic acid groups (broad SMARTS) is 1. The molecule has 0 aliphatic carbocycles. The molecule has 2 aromatic heterocycles. The molecule has 0 unspecified atom stereocenters. The fourth-order valence-electron chi connectivity index (χ4n) is 1.27. The predicted octanol–water partition coefficient (Wildman–Crippen LogP) is -0.767. The summed E-state index contributed by atoms with van der Waals surface area (Å²) in [5.74, 6) is -1.13. The molecule has 2 aromatic rings. The van der Waals surface area contributed by atoms with Crippen molar-refractivity contribution in [1.82, 2.24) is 24.5 Å². The van der Waals surface area contributed by atoms with Crippen molar-refractivity contribution >= 4 is 5.97 Å². The molecule has 0 saturated carbocycles. The normalized spacial score (nSPS) is 10.4. The Bertz CT molecular complexity index is 588. The first kappa shape index (κ1) is 11.0. The molecule has 8 heteroatoms. The summed E-state index contributed by atoms with van der Waals surface area (Å²) >= 11 is 0. The van der Waals surface area contributed by atoms with Crippen LogP contribution in [0.2, 0.25) is 0 Å². The van der Waals surface area contributed by atoms with Crippen LogP contribution in [0, 0.1) is 0 Å². The van der Waals surface area contributed by atoms with Crippen molar-refractivity contribution in [1.29, 1.82) is 0 Å². The van der Waals surface area contributed by atoms with Crippen LogP contribution in [0.4, 0.5) is 0 Å². The SMILES string of the molecule is O=C(O)c1cn(CCn2cccnc2=O)nn1. The maximum absolute atomic E-state index is 11.3. The van der Waals surface area contributed by atoms with Crippen molar-refractivity contribution in [3.05, 3.63) is 40.8 Å². The zero-order valence-electron chi connectivity index (χ0n) is 8.72. The minimum atomic E-state index is -1.13. The Hall–Kier alpha value is -2.51. The summed E-state index contributed by atoms with van der Waals surface area (Å²) < 4.78 is 2.77. The molecule has 0 spiro atoms. The van der Waals surface area contributed by atoms with Gasteiger partial charge < -0.3 is 5.11 Å². The van der Waals surface area contributed by atoms with E-state index in [9.17, 15) is 9.59 Å². The van der Waals surface area contributed by atoms with Gasteiger partial charge in [0.2, 0.25) is 0 Å². The molecule has 0 bridgehead atoms. The Morgan fingerprint density at radius 1 is 1.41 bits per heavy atom. The summed E-state index contributed by atoms with van der Waals surface area (Å²) in [6.07, 6.45) is 4.32. The molecular formula is C9H9N5O3. The van der Waals surface area contributed by atoms with Gasteiger partial charge in [-0.05, 0) is 6.07 Å². The average molecular weight is 235 g/mol. The summed E-state index contributed by atoms with van der Waals surface area (Å²) in [6.45, 7) is 0.709. The van der Waals surface area contributed by atoms with E-state index in [4.69, 9.17) is 5.11 Å². The van der Waals surface area contributed by atoms with Gasteiger partial charge in [-0.3, -0.25) is 4.57 Å². The van der Waals surface area contributed by atoms with E-state index in [1.54, 1.807) is 12.3 Å². The Labute approximate surface area is 95.1 Å². The molecule has 0 atom stereocenters. The fraction of sp³-hybridized carbons (Fsp3) is 0.222. The lowest BCUT2D eigenvalue weighted by Gasteiger charge is -2.02. The summed E-state index contributed by atoms with van der Waals surface area (Å²) in [5, 5.41) is 15.7. The summed E-state index contributed by atoms with van der Waals surface area (Å²) in [6, 6.07) is 1.64. The van der Waals surface area contributed by atoms with Gasteiger partial charge in [-0.15, -0.1) is 5.10 Å². The van der Waals surface area contributed by atoms with Crippen LogP contribution < -0.4 is 5.69 Å². The number of hydrogen-bond donors (Lipinski definition) is 1. The van der Waals surface area contributed by atoms with Crippen molar-refractivity contribution in [2.75, 3.05) is 0 Å². The van der Waals surface area contributed by atoms with Gasteiger partial charge in [-0.25, -0.2) is 19.3 Å². The lowest BCUT2D eigenvalue weighted by molar-refractivity contribution is 0.0690. The van der Waals surface area contributed by atoms with Gasteiger partial charge in [0.15, 0.2) is 5.69 Å². The van der Waals surface area contributed by atoms with Crippen molar-refractivity contribution in [3.63, 3.8) is 0 Å². The lowest BCUT2D eigenvalue weighted by atomic mass is 10.5. The number of hydrogen-bond acceptors (Lipinski definition) is 5. The second-order valence-corrected chi connectivity index (χ2v) is 3.27. The van der Waals surface area contributed by atoms with Gasteiger partial charge in [0, 0.05) is 18.9 Å². The van der Waals surface area contributed by atoms with E-state index in [1.165, 1.54) is 21.6 Å². The molecule has 2 rings (SSSR count). The van der Waals surface area contributed by atoms with Crippen LogP contribution in [0.3, 0.4) is 0 Å². The first-order valence-electron chi connectivity index (χ1n) is 4.82. The highest BCUT2D eigenvalue weighted by Gasteiger charge is 2.07. The summed E-state index contributed by atoms with van der Waals surface area (Å²) in [4.78, 5) is 25.4. The largest absolute Gasteiger partial charge is 0.476 e. The van der Waals surface area contributed by atoms with Gasteiger partial charge >= 0.3 is 11.7 Å². The van der Waals surface area contributed by atoms with Crippen LogP contribution in [-0.4, -0.2) is 35.6 Å². The molecule has 88 valence electrons. The van der Waals surface area contributed by atoms with Crippen molar-refractivity contribution in [2.24, 2.45) is 0 Å². The summed E-state index contributed by atoms with van der Waals surface area (Å²) in [7, 11) is 0. The van der Waals surface area contributed by atoms with Crippen LogP contribution in [0.5, 0.6) is 0 Å². The number of carbonyl (C=O) groups is 1. The number of aromatic carboxylic acids is 1. The first-order chi connectivity index (χ1) is 8.16. The molecule has 1 N–H and O–H groups in total. The quantitative estimate of drug-likeness (QED) is 0.746. The zero-order chi connectivity index (χ0) is 12.3. The predicted molar refractivity (Wildman–Crippen MR) is 55.5 cm³/mol. The molecule has 17 heavy (non-hydrogen) atoms. The summed E-state index contributed by atoms with van der Waals surface area (Å²) in [5.41, 5.74) is -0.477. The van der Waals surface area contributed by atoms with Gasteiger partial charge in [0.05, 0.1) is 12.7 Å². The Morgan fingerprint density at radius 3 is 2.88 bits per heavy atom. The first-order valence-corrected chi connectivity index (χ1v) is 4.82. The highest BCUT2D eigenvalue weighted by molar-refractivity contribution is 5.84. The molecule has 0 saturated heterocycles. The highest BCUT2D eigenvalue weighted by Crippen LogP contribution is 1.93. The standard InChI is InChI=1S/C9H9N5O3/c15-8(16)7-6-14(12-11-7)5-4-13-3-1-2-10-9(13)17/h1-3,6H,4-5H2,(H,15,16). The van der Waals surface area contributed by atoms with Gasteiger partial charge in [-0.2, -0.15) is 0 Å². The van der Waals surface area contributed by atoms with Crippen LogP contribution in [-0.2, 0) is 13.1 Å². The lowest BCUT2D eigenvalue weighted by Crippen LogP contribution is -2.23. The fourth-order valence-corrected chi connectivity index (χ4v) is 1.27. The maximum atomic E-state index is 11.3. The number of nitrogens with zero attached hydrogens (tertiary/aromatic N) is 5. The number of carboxylic acids is 1. The number of aromatic nitrogens is 5. The number of rotatable bonds is 4. The van der Waals surface area contributed by atoms with Crippen molar-refractivity contribution in [3.8, 4) is 0 Å². The Morgan fingerprint density at radius 2 is 2.24 bits per heavy atom. The molecule has 0 aliphatic heterocycles. The third kappa shape index (κ3) is 2.54. The van der Waals surface area contributed by atoms with Gasteiger partial charge in [0.1, 0.15) is 0 Å². The van der Waals surface area contributed by atoms with Gasteiger partial charge in [0.25, 0.3) is 0 Å². The smallest absolute Gasteiger partial charge is 0.358 e. The molecule has 0 amide bonds. The minimum Gasteiger partial charge on any atom is -0.476 e. The van der Waals surface area contributed by atoms with Crippen LogP contribution in [0.1, 0.15) is 10.5 Å². The third-order valence-corrected chi connectivity index (χ3v) is 2.11. The molecule has 0 fully saturated rings. The van der Waals surface area contributed by atoms with Gasteiger partial charge in [-0.1, -0.05) is 5.21 Å². The van der Waals surface area contributed by atoms with Crippen molar-refractivity contribution < 1.29 is 9.90 Å². The van der Waals surface area contributed by atoms with Crippen LogP contribution in [0.25, 0.3) is 0 Å². The monoisotopic (exact) mass is 235 g/mol. The van der Waals surface area contributed by atoms with Crippen LogP contribution in [0.15, 0.2) is 29.5 Å². The van der Waals surface area contributed by atoms with E-state index < -0.39 is 5.97 Å². The molecule has 0 aromatic carbocycles. The van der Waals surface area contributed by atoms with E-state index in [0.29, 0.717) is 13.1 Å². The Kier molecular flexibility index (Phi) is 2.95. The van der Waals surface area contributed by atoms with Crippen molar-refractivity contribution in [2.45, 2.75) is 13.1 Å². The zero-order valence-corrected chi connectivity index (χ0v) is 8.72. The minimum absolute atomic E-state index is 0.122.